The Morgan fingerprint density at radius 3 is 3.00 bits per heavy atom. The number of hydrogen-bond acceptors (Lipinski definition) is 2. The Labute approximate surface area is 114 Å². The number of halogens is 1. The maximum absolute atomic E-state index is 11.2. The van der Waals surface area contributed by atoms with Crippen molar-refractivity contribution < 1.29 is 9.90 Å². The first-order valence-electron chi connectivity index (χ1n) is 5.75. The van der Waals surface area contributed by atoms with Crippen LogP contribution in [0.15, 0.2) is 16.7 Å². The van der Waals surface area contributed by atoms with Gasteiger partial charge in [-0.1, -0.05) is 6.42 Å². The quantitative estimate of drug-likeness (QED) is 0.922. The van der Waals surface area contributed by atoms with Gasteiger partial charge in [-0.15, -0.1) is 0 Å². The van der Waals surface area contributed by atoms with Crippen LogP contribution in [0.2, 0.25) is 0 Å². The molecule has 0 aliphatic heterocycles. The molecular formula is C12H16BrNO2S. The van der Waals surface area contributed by atoms with Gasteiger partial charge in [-0.05, 0) is 47.5 Å². The first kappa shape index (κ1) is 13.0. The van der Waals surface area contributed by atoms with Gasteiger partial charge in [0.2, 0.25) is 0 Å². The molecule has 0 radical (unpaired) electrons. The molecule has 0 aromatic carbocycles. The zero-order chi connectivity index (χ0) is 12.4. The minimum Gasteiger partial charge on any atom is -0.477 e. The van der Waals surface area contributed by atoms with Gasteiger partial charge in [-0.2, -0.15) is 11.8 Å². The van der Waals surface area contributed by atoms with E-state index >= 15 is 0 Å². The number of carbonyl (C=O) groups is 1. The van der Waals surface area contributed by atoms with Crippen molar-refractivity contribution in [3.8, 4) is 0 Å². The van der Waals surface area contributed by atoms with Crippen LogP contribution in [-0.4, -0.2) is 27.1 Å². The smallest absolute Gasteiger partial charge is 0.352 e. The van der Waals surface area contributed by atoms with Crippen molar-refractivity contribution in [2.45, 2.75) is 37.0 Å². The van der Waals surface area contributed by atoms with Crippen LogP contribution in [0.1, 0.15) is 42.2 Å². The van der Waals surface area contributed by atoms with Crippen molar-refractivity contribution in [3.05, 3.63) is 22.4 Å². The normalized spacial score (nSPS) is 24.8. The van der Waals surface area contributed by atoms with E-state index in [2.05, 4.69) is 22.2 Å². The largest absolute Gasteiger partial charge is 0.477 e. The van der Waals surface area contributed by atoms with Crippen LogP contribution < -0.4 is 0 Å². The molecule has 1 aromatic heterocycles. The van der Waals surface area contributed by atoms with Gasteiger partial charge in [0, 0.05) is 22.0 Å². The van der Waals surface area contributed by atoms with Crippen LogP contribution in [0, 0.1) is 0 Å². The molecule has 0 spiro atoms. The lowest BCUT2D eigenvalue weighted by Crippen LogP contribution is -2.22. The Kier molecular flexibility index (Phi) is 4.20. The highest BCUT2D eigenvalue weighted by atomic mass is 79.9. The van der Waals surface area contributed by atoms with E-state index in [9.17, 15) is 9.90 Å². The fraction of sp³-hybridized carbons (Fsp3) is 0.583. The van der Waals surface area contributed by atoms with Crippen molar-refractivity contribution in [2.24, 2.45) is 0 Å². The predicted molar refractivity (Wildman–Crippen MR) is 73.9 cm³/mol. The summed E-state index contributed by atoms with van der Waals surface area (Å²) < 4.78 is 2.77. The van der Waals surface area contributed by atoms with Crippen LogP contribution in [0.25, 0.3) is 0 Å². The molecule has 1 aliphatic rings. The van der Waals surface area contributed by atoms with E-state index in [1.54, 1.807) is 6.07 Å². The Morgan fingerprint density at radius 2 is 2.35 bits per heavy atom. The molecule has 1 fully saturated rings. The summed E-state index contributed by atoms with van der Waals surface area (Å²) in [4.78, 5) is 11.2. The summed E-state index contributed by atoms with van der Waals surface area (Å²) >= 11 is 5.25. The molecule has 3 nitrogen and oxygen atoms in total. The lowest BCUT2D eigenvalue weighted by molar-refractivity contribution is 0.0681. The number of carboxylic acid groups (broad SMARTS) is 1. The summed E-state index contributed by atoms with van der Waals surface area (Å²) in [6.45, 7) is 0. The van der Waals surface area contributed by atoms with Gasteiger partial charge in [0.15, 0.2) is 0 Å². The van der Waals surface area contributed by atoms with Gasteiger partial charge in [-0.25, -0.2) is 4.79 Å². The molecule has 1 N–H and O–H groups in total. The standard InChI is InChI=1S/C12H16BrNO2S/c1-17-10-4-2-3-9(6-10)14-7-8(13)5-11(14)12(15)16/h5,7,9-10H,2-4,6H2,1H3,(H,15,16). The van der Waals surface area contributed by atoms with E-state index < -0.39 is 5.97 Å². The van der Waals surface area contributed by atoms with E-state index in [1.807, 2.05) is 22.5 Å². The van der Waals surface area contributed by atoms with E-state index in [1.165, 1.54) is 12.8 Å². The van der Waals surface area contributed by atoms with Gasteiger partial charge < -0.3 is 9.67 Å². The first-order chi connectivity index (χ1) is 8.11. The average Bonchev–Trinajstić information content (AvgIpc) is 2.72. The predicted octanol–water partition coefficient (Wildman–Crippen LogP) is 3.80. The molecule has 0 amide bonds. The molecule has 1 heterocycles. The summed E-state index contributed by atoms with van der Waals surface area (Å²) in [7, 11) is 0. The number of rotatable bonds is 3. The average molecular weight is 318 g/mol. The number of hydrogen-bond donors (Lipinski definition) is 1. The topological polar surface area (TPSA) is 42.2 Å². The summed E-state index contributed by atoms with van der Waals surface area (Å²) in [6.07, 6.45) is 8.63. The summed E-state index contributed by atoms with van der Waals surface area (Å²) in [5.41, 5.74) is 0.392. The second-order valence-corrected chi connectivity index (χ2v) is 6.49. The van der Waals surface area contributed by atoms with Crippen LogP contribution in [0.4, 0.5) is 0 Å². The van der Waals surface area contributed by atoms with Crippen LogP contribution in [-0.2, 0) is 0 Å². The minimum absolute atomic E-state index is 0.332. The molecule has 94 valence electrons. The fourth-order valence-electron chi connectivity index (χ4n) is 2.51. The molecule has 2 atom stereocenters. The minimum atomic E-state index is -0.845. The van der Waals surface area contributed by atoms with E-state index in [-0.39, 0.29) is 0 Å². The van der Waals surface area contributed by atoms with Crippen LogP contribution >= 0.6 is 27.7 Å². The Bertz CT molecular complexity index is 419. The monoisotopic (exact) mass is 317 g/mol. The molecule has 5 heteroatoms. The zero-order valence-electron chi connectivity index (χ0n) is 9.73. The molecule has 0 saturated heterocycles. The number of thioether (sulfide) groups is 1. The molecular weight excluding hydrogens is 302 g/mol. The molecule has 2 unspecified atom stereocenters. The molecule has 0 bridgehead atoms. The Balaban J connectivity index is 2.23. The maximum atomic E-state index is 11.2. The number of nitrogens with zero attached hydrogens (tertiary/aromatic N) is 1. The lowest BCUT2D eigenvalue weighted by atomic mass is 9.94. The molecule has 17 heavy (non-hydrogen) atoms. The number of aromatic carboxylic acids is 1. The van der Waals surface area contributed by atoms with E-state index in [0.29, 0.717) is 17.0 Å². The third kappa shape index (κ3) is 2.88. The van der Waals surface area contributed by atoms with E-state index in [0.717, 1.165) is 17.3 Å². The van der Waals surface area contributed by atoms with Crippen molar-refractivity contribution in [3.63, 3.8) is 0 Å². The summed E-state index contributed by atoms with van der Waals surface area (Å²) in [6, 6.07) is 2.02. The van der Waals surface area contributed by atoms with E-state index in [4.69, 9.17) is 0 Å². The molecule has 1 aromatic rings. The fourth-order valence-corrected chi connectivity index (χ4v) is 3.76. The zero-order valence-corrected chi connectivity index (χ0v) is 12.1. The molecule has 1 saturated carbocycles. The summed E-state index contributed by atoms with van der Waals surface area (Å²) in [5.74, 6) is -0.845. The van der Waals surface area contributed by atoms with Crippen LogP contribution in [0.5, 0.6) is 0 Å². The van der Waals surface area contributed by atoms with Gasteiger partial charge in [-0.3, -0.25) is 0 Å². The van der Waals surface area contributed by atoms with Gasteiger partial charge >= 0.3 is 5.97 Å². The SMILES string of the molecule is CSC1CCCC(n2cc(Br)cc2C(=O)O)C1. The molecule has 2 rings (SSSR count). The highest BCUT2D eigenvalue weighted by molar-refractivity contribution is 9.10. The highest BCUT2D eigenvalue weighted by Crippen LogP contribution is 2.35. The highest BCUT2D eigenvalue weighted by Gasteiger charge is 2.25. The van der Waals surface area contributed by atoms with Crippen LogP contribution in [0.3, 0.4) is 0 Å². The number of carboxylic acids is 1. The van der Waals surface area contributed by atoms with Gasteiger partial charge in [0.25, 0.3) is 0 Å². The van der Waals surface area contributed by atoms with Crippen molar-refractivity contribution >= 4 is 33.7 Å². The van der Waals surface area contributed by atoms with Crippen molar-refractivity contribution in [1.29, 1.82) is 0 Å². The first-order valence-corrected chi connectivity index (χ1v) is 7.83. The maximum Gasteiger partial charge on any atom is 0.352 e. The Morgan fingerprint density at radius 1 is 1.59 bits per heavy atom. The lowest BCUT2D eigenvalue weighted by Gasteiger charge is -2.29. The third-order valence-electron chi connectivity index (χ3n) is 3.36. The van der Waals surface area contributed by atoms with Gasteiger partial charge in [0.05, 0.1) is 0 Å². The second-order valence-electron chi connectivity index (χ2n) is 4.43. The van der Waals surface area contributed by atoms with Crippen molar-refractivity contribution in [1.82, 2.24) is 4.57 Å². The second kappa shape index (κ2) is 5.48. The van der Waals surface area contributed by atoms with Crippen molar-refractivity contribution in [2.75, 3.05) is 6.26 Å². The van der Waals surface area contributed by atoms with Gasteiger partial charge in [0.1, 0.15) is 5.69 Å². The Hall–Kier alpha value is -0.420. The summed E-state index contributed by atoms with van der Waals surface area (Å²) in [5, 5.41) is 9.85. The third-order valence-corrected chi connectivity index (χ3v) is 4.89. The number of aromatic nitrogens is 1. The molecule has 1 aliphatic carbocycles.